The summed E-state index contributed by atoms with van der Waals surface area (Å²) in [4.78, 5) is 0. The third-order valence-corrected chi connectivity index (χ3v) is 4.40. The summed E-state index contributed by atoms with van der Waals surface area (Å²) in [5.41, 5.74) is 0. The molecule has 0 amide bonds. The van der Waals surface area contributed by atoms with E-state index in [1.807, 2.05) is 6.08 Å². The first-order chi connectivity index (χ1) is 11.2. The van der Waals surface area contributed by atoms with E-state index in [0.717, 1.165) is 19.3 Å². The van der Waals surface area contributed by atoms with Gasteiger partial charge in [0.1, 0.15) is 24.4 Å². The highest BCUT2D eigenvalue weighted by Gasteiger charge is 2.38. The zero-order valence-corrected chi connectivity index (χ0v) is 14.2. The van der Waals surface area contributed by atoms with Crippen LogP contribution in [0.3, 0.4) is 0 Å². The van der Waals surface area contributed by atoms with Crippen molar-refractivity contribution in [3.8, 4) is 0 Å². The number of unbranched alkanes of at least 4 members (excludes halogenated alkanes) is 8. The van der Waals surface area contributed by atoms with Crippen LogP contribution in [0.4, 0.5) is 0 Å². The van der Waals surface area contributed by atoms with Gasteiger partial charge in [0.15, 0.2) is 0 Å². The van der Waals surface area contributed by atoms with Crippen molar-refractivity contribution in [1.82, 2.24) is 0 Å². The van der Waals surface area contributed by atoms with Gasteiger partial charge in [-0.1, -0.05) is 44.6 Å². The molecule has 1 fully saturated rings. The molecule has 0 radical (unpaired) electrons. The minimum absolute atomic E-state index is 0.216. The third kappa shape index (κ3) is 8.27. The smallest absolute Gasteiger partial charge is 0.111 e. The van der Waals surface area contributed by atoms with Crippen LogP contribution in [-0.2, 0) is 9.47 Å². The first kappa shape index (κ1) is 20.6. The standard InChI is InChI=1S/C18H34O5/c1-2-3-4-5-6-7-8-9-10-11-12-22-16-14-23-15(13-19)17(20)18(16)21/h2,15-21H,1,3-14H2/t15-,16+,17-,18-/m1/s1. The van der Waals surface area contributed by atoms with Crippen LogP contribution in [0.25, 0.3) is 0 Å². The fourth-order valence-corrected chi connectivity index (χ4v) is 2.85. The maximum atomic E-state index is 9.93. The summed E-state index contributed by atoms with van der Waals surface area (Å²) in [6.07, 6.45) is 9.53. The molecule has 1 aliphatic heterocycles. The summed E-state index contributed by atoms with van der Waals surface area (Å²) in [5, 5.41) is 28.7. The van der Waals surface area contributed by atoms with Crippen molar-refractivity contribution in [2.45, 2.75) is 82.2 Å². The molecule has 23 heavy (non-hydrogen) atoms. The Balaban J connectivity index is 1.94. The van der Waals surface area contributed by atoms with E-state index in [4.69, 9.17) is 14.6 Å². The van der Waals surface area contributed by atoms with E-state index in [9.17, 15) is 10.2 Å². The number of aliphatic hydroxyl groups is 3. The quantitative estimate of drug-likeness (QED) is 0.356. The van der Waals surface area contributed by atoms with Crippen LogP contribution in [0.1, 0.15) is 57.8 Å². The fourth-order valence-electron chi connectivity index (χ4n) is 2.85. The second-order valence-electron chi connectivity index (χ2n) is 6.35. The molecule has 0 aromatic rings. The molecular weight excluding hydrogens is 296 g/mol. The van der Waals surface area contributed by atoms with Crippen molar-refractivity contribution >= 4 is 0 Å². The van der Waals surface area contributed by atoms with Gasteiger partial charge in [-0.25, -0.2) is 0 Å². The van der Waals surface area contributed by atoms with Crippen molar-refractivity contribution in [3.63, 3.8) is 0 Å². The molecule has 0 bridgehead atoms. The van der Waals surface area contributed by atoms with Gasteiger partial charge in [0.25, 0.3) is 0 Å². The minimum Gasteiger partial charge on any atom is -0.394 e. The van der Waals surface area contributed by atoms with E-state index < -0.39 is 24.4 Å². The van der Waals surface area contributed by atoms with E-state index in [1.54, 1.807) is 0 Å². The topological polar surface area (TPSA) is 79.2 Å². The van der Waals surface area contributed by atoms with Crippen molar-refractivity contribution < 1.29 is 24.8 Å². The predicted octanol–water partition coefficient (Wildman–Crippen LogP) is 2.18. The van der Waals surface area contributed by atoms with Crippen molar-refractivity contribution in [1.29, 1.82) is 0 Å². The van der Waals surface area contributed by atoms with Crippen LogP contribution in [0.5, 0.6) is 0 Å². The Morgan fingerprint density at radius 2 is 1.57 bits per heavy atom. The summed E-state index contributed by atoms with van der Waals surface area (Å²) in [5.74, 6) is 0. The monoisotopic (exact) mass is 330 g/mol. The van der Waals surface area contributed by atoms with Crippen molar-refractivity contribution in [2.24, 2.45) is 0 Å². The number of hydrogen-bond donors (Lipinski definition) is 3. The SMILES string of the molecule is C=CCCCCCCCCCCO[C@H]1CO[C@H](CO)[C@@H](O)[C@@H]1O. The molecule has 1 aliphatic rings. The lowest BCUT2D eigenvalue weighted by atomic mass is 10.0. The number of allylic oxidation sites excluding steroid dienone is 1. The van der Waals surface area contributed by atoms with Crippen LogP contribution in [0.2, 0.25) is 0 Å². The molecule has 1 heterocycles. The van der Waals surface area contributed by atoms with Gasteiger partial charge in [-0.3, -0.25) is 0 Å². The van der Waals surface area contributed by atoms with E-state index in [0.29, 0.717) is 6.61 Å². The second kappa shape index (κ2) is 12.9. The molecule has 0 aromatic carbocycles. The summed E-state index contributed by atoms with van der Waals surface area (Å²) >= 11 is 0. The molecule has 3 N–H and O–H groups in total. The molecule has 0 unspecified atom stereocenters. The van der Waals surface area contributed by atoms with Gasteiger partial charge >= 0.3 is 0 Å². The van der Waals surface area contributed by atoms with Crippen molar-refractivity contribution in [2.75, 3.05) is 19.8 Å². The van der Waals surface area contributed by atoms with E-state index >= 15 is 0 Å². The van der Waals surface area contributed by atoms with Gasteiger partial charge in [0.2, 0.25) is 0 Å². The Bertz CT molecular complexity index is 297. The Morgan fingerprint density at radius 3 is 2.17 bits per heavy atom. The molecule has 5 nitrogen and oxygen atoms in total. The fraction of sp³-hybridized carbons (Fsp3) is 0.889. The molecule has 1 saturated heterocycles. The maximum absolute atomic E-state index is 9.93. The normalized spacial score (nSPS) is 28.0. The average molecular weight is 330 g/mol. The molecule has 0 aliphatic carbocycles. The average Bonchev–Trinajstić information content (AvgIpc) is 2.56. The van der Waals surface area contributed by atoms with Gasteiger partial charge in [-0.2, -0.15) is 0 Å². The van der Waals surface area contributed by atoms with Crippen LogP contribution in [0, 0.1) is 0 Å². The Hall–Kier alpha value is -0.460. The largest absolute Gasteiger partial charge is 0.394 e. The minimum atomic E-state index is -1.08. The van der Waals surface area contributed by atoms with E-state index in [2.05, 4.69) is 6.58 Å². The lowest BCUT2D eigenvalue weighted by Crippen LogP contribution is -2.55. The Labute approximate surface area is 140 Å². The highest BCUT2D eigenvalue weighted by molar-refractivity contribution is 4.87. The van der Waals surface area contributed by atoms with Crippen LogP contribution in [0.15, 0.2) is 12.7 Å². The Kier molecular flexibility index (Phi) is 11.5. The maximum Gasteiger partial charge on any atom is 0.111 e. The lowest BCUT2D eigenvalue weighted by Gasteiger charge is -2.36. The number of rotatable bonds is 13. The van der Waals surface area contributed by atoms with Gasteiger partial charge in [-0.15, -0.1) is 6.58 Å². The predicted molar refractivity (Wildman–Crippen MR) is 90.3 cm³/mol. The highest BCUT2D eigenvalue weighted by Crippen LogP contribution is 2.18. The van der Waals surface area contributed by atoms with Crippen molar-refractivity contribution in [3.05, 3.63) is 12.7 Å². The van der Waals surface area contributed by atoms with E-state index in [1.165, 1.54) is 38.5 Å². The highest BCUT2D eigenvalue weighted by atomic mass is 16.6. The number of ether oxygens (including phenoxy) is 2. The van der Waals surface area contributed by atoms with Gasteiger partial charge < -0.3 is 24.8 Å². The molecule has 0 aromatic heterocycles. The zero-order valence-electron chi connectivity index (χ0n) is 14.2. The summed E-state index contributed by atoms with van der Waals surface area (Å²) in [6, 6.07) is 0. The van der Waals surface area contributed by atoms with E-state index in [-0.39, 0.29) is 13.2 Å². The molecular formula is C18H34O5. The first-order valence-electron chi connectivity index (χ1n) is 9.01. The molecule has 0 saturated carbocycles. The summed E-state index contributed by atoms with van der Waals surface area (Å²) in [7, 11) is 0. The van der Waals surface area contributed by atoms with Gasteiger partial charge in [0, 0.05) is 6.61 Å². The number of hydrogen-bond acceptors (Lipinski definition) is 5. The lowest BCUT2D eigenvalue weighted by molar-refractivity contribution is -0.208. The van der Waals surface area contributed by atoms with Crippen LogP contribution in [-0.4, -0.2) is 59.6 Å². The summed E-state index contributed by atoms with van der Waals surface area (Å²) in [6.45, 7) is 4.22. The molecule has 136 valence electrons. The van der Waals surface area contributed by atoms with Crippen LogP contribution >= 0.6 is 0 Å². The zero-order chi connectivity index (χ0) is 16.9. The third-order valence-electron chi connectivity index (χ3n) is 4.40. The molecule has 0 spiro atoms. The second-order valence-corrected chi connectivity index (χ2v) is 6.35. The first-order valence-corrected chi connectivity index (χ1v) is 9.01. The molecule has 5 heteroatoms. The van der Waals surface area contributed by atoms with Crippen LogP contribution < -0.4 is 0 Å². The Morgan fingerprint density at radius 1 is 0.957 bits per heavy atom. The number of aliphatic hydroxyl groups excluding tert-OH is 3. The molecule has 1 rings (SSSR count). The summed E-state index contributed by atoms with van der Waals surface area (Å²) < 4.78 is 10.9. The van der Waals surface area contributed by atoms with Gasteiger partial charge in [0.05, 0.1) is 13.2 Å². The van der Waals surface area contributed by atoms with Gasteiger partial charge in [-0.05, 0) is 19.3 Å². The molecule has 4 atom stereocenters.